The van der Waals surface area contributed by atoms with Crippen LogP contribution in [0.25, 0.3) is 22.3 Å². The van der Waals surface area contributed by atoms with Crippen molar-refractivity contribution < 1.29 is 36.9 Å². The Morgan fingerprint density at radius 3 is 2.12 bits per heavy atom. The van der Waals surface area contributed by atoms with Gasteiger partial charge in [-0.1, -0.05) is 63.8 Å². The number of rotatable bonds is 12. The summed E-state index contributed by atoms with van der Waals surface area (Å²) in [6.45, 7) is 5.27. The summed E-state index contributed by atoms with van der Waals surface area (Å²) in [6, 6.07) is 13.4. The Bertz CT molecular complexity index is 1270. The van der Waals surface area contributed by atoms with Crippen LogP contribution >= 0.6 is 0 Å². The first kappa shape index (κ1) is 29.6. The molecule has 1 saturated heterocycles. The number of hydrogen-bond donors (Lipinski definition) is 0. The maximum absolute atomic E-state index is 15.0. The van der Waals surface area contributed by atoms with E-state index in [4.69, 9.17) is 18.9 Å². The Labute approximate surface area is 233 Å². The van der Waals surface area contributed by atoms with Crippen LogP contribution in [0.3, 0.4) is 0 Å². The molecule has 0 amide bonds. The second-order valence-electron chi connectivity index (χ2n) is 9.94. The molecule has 1 fully saturated rings. The molecule has 0 radical (unpaired) electrons. The molecule has 4 rings (SSSR count). The number of unbranched alkanes of at least 4 members (excludes halogenated alkanes) is 3. The summed E-state index contributed by atoms with van der Waals surface area (Å²) in [7, 11) is 0. The van der Waals surface area contributed by atoms with E-state index >= 15 is 0 Å². The molecule has 3 aromatic carbocycles. The molecule has 0 atom stereocenters. The third kappa shape index (κ3) is 7.43. The molecule has 1 aliphatic rings. The van der Waals surface area contributed by atoms with Crippen LogP contribution in [0.4, 0.5) is 13.2 Å². The Kier molecular flexibility index (Phi) is 10.6. The third-order valence-corrected chi connectivity index (χ3v) is 6.84. The highest BCUT2D eigenvalue weighted by Gasteiger charge is 2.29. The molecule has 0 bridgehead atoms. The van der Waals surface area contributed by atoms with Crippen molar-refractivity contribution in [2.75, 3.05) is 19.8 Å². The summed E-state index contributed by atoms with van der Waals surface area (Å²) in [6.07, 6.45) is 4.84. The molecule has 0 aromatic heterocycles. The van der Waals surface area contributed by atoms with E-state index in [1.807, 2.05) is 6.92 Å². The zero-order valence-corrected chi connectivity index (χ0v) is 22.9. The summed E-state index contributed by atoms with van der Waals surface area (Å²) >= 11 is 0. The number of hydrogen-bond acceptors (Lipinski definition) is 5. The van der Waals surface area contributed by atoms with Gasteiger partial charge in [-0.05, 0) is 48.2 Å². The monoisotopic (exact) mass is 556 g/mol. The zero-order valence-electron chi connectivity index (χ0n) is 22.9. The second kappa shape index (κ2) is 14.3. The molecule has 8 heteroatoms. The lowest BCUT2D eigenvalue weighted by molar-refractivity contribution is -0.215. The van der Waals surface area contributed by atoms with E-state index in [1.54, 1.807) is 24.3 Å². The molecule has 1 aliphatic heterocycles. The van der Waals surface area contributed by atoms with Crippen LogP contribution in [0, 0.1) is 23.4 Å². The molecule has 3 aromatic rings. The van der Waals surface area contributed by atoms with Crippen molar-refractivity contribution in [3.63, 3.8) is 0 Å². The minimum Gasteiger partial charge on any atom is -0.490 e. The highest BCUT2D eigenvalue weighted by atomic mass is 19.2. The first-order valence-corrected chi connectivity index (χ1v) is 13.9. The summed E-state index contributed by atoms with van der Waals surface area (Å²) in [5.74, 6) is -3.23. The van der Waals surface area contributed by atoms with Gasteiger partial charge in [0.15, 0.2) is 11.6 Å². The van der Waals surface area contributed by atoms with Gasteiger partial charge in [0.05, 0.1) is 19.8 Å². The van der Waals surface area contributed by atoms with Crippen LogP contribution in [0.15, 0.2) is 54.6 Å². The molecule has 0 spiro atoms. The molecule has 40 heavy (non-hydrogen) atoms. The van der Waals surface area contributed by atoms with Crippen LogP contribution in [-0.2, 0) is 14.3 Å². The minimum absolute atomic E-state index is 0.0268. The van der Waals surface area contributed by atoms with Crippen LogP contribution in [0.5, 0.6) is 11.5 Å². The fourth-order valence-electron chi connectivity index (χ4n) is 4.51. The van der Waals surface area contributed by atoms with Crippen LogP contribution in [0.1, 0.15) is 52.4 Å². The van der Waals surface area contributed by atoms with E-state index in [1.165, 1.54) is 24.3 Å². The number of carbonyl (C=O) groups excluding carboxylic acids is 1. The first-order valence-electron chi connectivity index (χ1n) is 13.9. The SMILES string of the molecule is CCCCCC1COC(C(=O)Oc2ccc(-c3ccc(-c4ccc(OCCCC)c(F)c4F)cc3)c(F)c2)OC1. The van der Waals surface area contributed by atoms with Gasteiger partial charge in [0.25, 0.3) is 6.29 Å². The van der Waals surface area contributed by atoms with Gasteiger partial charge >= 0.3 is 5.97 Å². The predicted molar refractivity (Wildman–Crippen MR) is 147 cm³/mol. The molecule has 214 valence electrons. The van der Waals surface area contributed by atoms with Crippen molar-refractivity contribution in [3.05, 3.63) is 72.0 Å². The number of carbonyl (C=O) groups is 1. The van der Waals surface area contributed by atoms with Crippen molar-refractivity contribution in [1.82, 2.24) is 0 Å². The lowest BCUT2D eigenvalue weighted by Gasteiger charge is -2.28. The summed E-state index contributed by atoms with van der Waals surface area (Å²) in [5, 5.41) is 0. The fraction of sp³-hybridized carbons (Fsp3) is 0.406. The van der Waals surface area contributed by atoms with E-state index in [-0.39, 0.29) is 28.5 Å². The summed E-state index contributed by atoms with van der Waals surface area (Å²) in [5.41, 5.74) is 1.30. The normalized spacial score (nSPS) is 17.0. The van der Waals surface area contributed by atoms with Crippen LogP contribution in [0.2, 0.25) is 0 Å². The number of ether oxygens (including phenoxy) is 4. The average Bonchev–Trinajstić information content (AvgIpc) is 2.96. The molecule has 0 aliphatic carbocycles. The molecule has 1 heterocycles. The Morgan fingerprint density at radius 1 is 0.825 bits per heavy atom. The molecular formula is C32H35F3O5. The van der Waals surface area contributed by atoms with Crippen LogP contribution < -0.4 is 9.47 Å². The number of halogens is 3. The second-order valence-corrected chi connectivity index (χ2v) is 9.94. The van der Waals surface area contributed by atoms with Crippen molar-refractivity contribution in [1.29, 1.82) is 0 Å². The lowest BCUT2D eigenvalue weighted by Crippen LogP contribution is -2.39. The standard InChI is InChI=1S/C32H35F3O5/c1-3-5-7-8-21-19-38-32(39-20-21)31(36)40-24-13-14-25(27(33)18-24)22-9-11-23(12-10-22)26-15-16-28(30(35)29(26)34)37-17-6-4-2/h9-16,18,21,32H,3-8,17,19-20H2,1-2H3. The van der Waals surface area contributed by atoms with E-state index in [2.05, 4.69) is 6.92 Å². The quantitative estimate of drug-likeness (QED) is 0.128. The van der Waals surface area contributed by atoms with E-state index < -0.39 is 29.7 Å². The first-order chi connectivity index (χ1) is 19.4. The molecule has 5 nitrogen and oxygen atoms in total. The molecule has 0 saturated carbocycles. The van der Waals surface area contributed by atoms with Crippen molar-refractivity contribution in [2.45, 2.75) is 58.7 Å². The van der Waals surface area contributed by atoms with Gasteiger partial charge in [0.2, 0.25) is 5.82 Å². The smallest absolute Gasteiger partial charge is 0.368 e. The van der Waals surface area contributed by atoms with E-state index in [0.29, 0.717) is 30.9 Å². The zero-order chi connectivity index (χ0) is 28.5. The summed E-state index contributed by atoms with van der Waals surface area (Å²) in [4.78, 5) is 12.5. The predicted octanol–water partition coefficient (Wildman–Crippen LogP) is 8.09. The number of esters is 1. The van der Waals surface area contributed by atoms with Gasteiger partial charge in [-0.3, -0.25) is 0 Å². The molecule has 0 unspecified atom stereocenters. The largest absolute Gasteiger partial charge is 0.490 e. The van der Waals surface area contributed by atoms with Gasteiger partial charge in [-0.15, -0.1) is 0 Å². The average molecular weight is 557 g/mol. The summed E-state index contributed by atoms with van der Waals surface area (Å²) < 4.78 is 65.8. The van der Waals surface area contributed by atoms with Gasteiger partial charge in [-0.25, -0.2) is 13.6 Å². The van der Waals surface area contributed by atoms with Gasteiger partial charge in [-0.2, -0.15) is 4.39 Å². The highest BCUT2D eigenvalue weighted by molar-refractivity contribution is 5.77. The maximum atomic E-state index is 15.0. The third-order valence-electron chi connectivity index (χ3n) is 6.84. The molecular weight excluding hydrogens is 521 g/mol. The number of benzene rings is 3. The fourth-order valence-corrected chi connectivity index (χ4v) is 4.51. The van der Waals surface area contributed by atoms with E-state index in [0.717, 1.165) is 44.6 Å². The maximum Gasteiger partial charge on any atom is 0.368 e. The Hall–Kier alpha value is -3.36. The van der Waals surface area contributed by atoms with Gasteiger partial charge in [0, 0.05) is 23.1 Å². The Balaban J connectivity index is 1.37. The Morgan fingerprint density at radius 2 is 1.48 bits per heavy atom. The highest BCUT2D eigenvalue weighted by Crippen LogP contribution is 2.33. The van der Waals surface area contributed by atoms with Crippen molar-refractivity contribution in [2.24, 2.45) is 5.92 Å². The van der Waals surface area contributed by atoms with E-state index in [9.17, 15) is 18.0 Å². The minimum atomic E-state index is -1.14. The van der Waals surface area contributed by atoms with Crippen molar-refractivity contribution >= 4 is 5.97 Å². The van der Waals surface area contributed by atoms with Gasteiger partial charge in [0.1, 0.15) is 11.6 Å². The molecule has 0 N–H and O–H groups in total. The van der Waals surface area contributed by atoms with Crippen LogP contribution in [-0.4, -0.2) is 32.1 Å². The van der Waals surface area contributed by atoms with Crippen molar-refractivity contribution in [3.8, 4) is 33.8 Å². The topological polar surface area (TPSA) is 54.0 Å². The van der Waals surface area contributed by atoms with Gasteiger partial charge < -0.3 is 18.9 Å². The lowest BCUT2D eigenvalue weighted by atomic mass is 9.99.